The summed E-state index contributed by atoms with van der Waals surface area (Å²) >= 11 is 0. The number of benzene rings is 1. The Balaban J connectivity index is 2.21. The van der Waals surface area contributed by atoms with Crippen LogP contribution in [0, 0.1) is 17.2 Å². The summed E-state index contributed by atoms with van der Waals surface area (Å²) in [6.45, 7) is 1.62. The number of anilines is 1. The predicted molar refractivity (Wildman–Crippen MR) is 69.6 cm³/mol. The number of hydrogen-bond donors (Lipinski definition) is 2. The molecule has 1 heterocycles. The number of carbonyl (C=O) groups excluding carboxylic acids is 2. The van der Waals surface area contributed by atoms with Crippen molar-refractivity contribution in [2.24, 2.45) is 5.92 Å². The summed E-state index contributed by atoms with van der Waals surface area (Å²) in [6.07, 6.45) is -0.00109. The van der Waals surface area contributed by atoms with Crippen LogP contribution in [0.5, 0.6) is 0 Å². The molecule has 1 aliphatic heterocycles. The van der Waals surface area contributed by atoms with Crippen molar-refractivity contribution >= 4 is 17.5 Å². The fourth-order valence-electron chi connectivity index (χ4n) is 2.01. The van der Waals surface area contributed by atoms with Crippen LogP contribution in [0.15, 0.2) is 41.6 Å². The van der Waals surface area contributed by atoms with E-state index in [4.69, 9.17) is 5.26 Å². The summed E-state index contributed by atoms with van der Waals surface area (Å²) in [4.78, 5) is 23.6. The van der Waals surface area contributed by atoms with Crippen molar-refractivity contribution in [3.63, 3.8) is 0 Å². The zero-order chi connectivity index (χ0) is 13.8. The van der Waals surface area contributed by atoms with E-state index in [1.807, 2.05) is 12.1 Å². The first kappa shape index (κ1) is 12.8. The number of allylic oxidation sites excluding steroid dienone is 1. The summed E-state index contributed by atoms with van der Waals surface area (Å²) in [7, 11) is 0. The Morgan fingerprint density at radius 1 is 1.42 bits per heavy atom. The van der Waals surface area contributed by atoms with Crippen LogP contribution in [0.3, 0.4) is 0 Å². The maximum Gasteiger partial charge on any atom is 0.233 e. The van der Waals surface area contributed by atoms with E-state index >= 15 is 0 Å². The van der Waals surface area contributed by atoms with Gasteiger partial charge in [0, 0.05) is 17.8 Å². The minimum Gasteiger partial charge on any atom is -0.329 e. The zero-order valence-electron chi connectivity index (χ0n) is 10.4. The van der Waals surface area contributed by atoms with Crippen LogP contribution in [0.25, 0.3) is 0 Å². The van der Waals surface area contributed by atoms with Gasteiger partial charge in [0.15, 0.2) is 0 Å². The average Bonchev–Trinajstić information content (AvgIpc) is 2.39. The minimum absolute atomic E-state index is 0.00109. The third kappa shape index (κ3) is 2.80. The van der Waals surface area contributed by atoms with Crippen LogP contribution < -0.4 is 10.6 Å². The highest BCUT2D eigenvalue weighted by Gasteiger charge is 2.31. The maximum atomic E-state index is 12.2. The van der Waals surface area contributed by atoms with Gasteiger partial charge in [-0.25, -0.2) is 0 Å². The molecule has 0 radical (unpaired) electrons. The first-order valence-electron chi connectivity index (χ1n) is 5.88. The standard InChI is InChI=1S/C14H13N3O2/c1-9-12(8-15)11(7-13(18)16-9)14(19)17-10-5-3-2-4-6-10/h2-6,11H,7H2,1H3,(H,16,18)(H,17,19). The highest BCUT2D eigenvalue weighted by Crippen LogP contribution is 2.23. The lowest BCUT2D eigenvalue weighted by Crippen LogP contribution is -2.37. The molecule has 1 aromatic carbocycles. The molecule has 2 N–H and O–H groups in total. The number of amides is 2. The highest BCUT2D eigenvalue weighted by molar-refractivity contribution is 5.99. The number of nitrogens with zero attached hydrogens (tertiary/aromatic N) is 1. The van der Waals surface area contributed by atoms with Gasteiger partial charge in [-0.15, -0.1) is 0 Å². The van der Waals surface area contributed by atoms with E-state index in [0.717, 1.165) is 0 Å². The first-order chi connectivity index (χ1) is 9.11. The van der Waals surface area contributed by atoms with Crippen molar-refractivity contribution in [2.75, 3.05) is 5.32 Å². The molecule has 1 aliphatic rings. The van der Waals surface area contributed by atoms with Crippen molar-refractivity contribution in [1.29, 1.82) is 5.26 Å². The SMILES string of the molecule is CC1=C(C#N)C(C(=O)Nc2ccccc2)CC(=O)N1. The molecule has 96 valence electrons. The minimum atomic E-state index is -0.723. The second kappa shape index (κ2) is 5.36. The topological polar surface area (TPSA) is 82.0 Å². The molecule has 0 bridgehead atoms. The lowest BCUT2D eigenvalue weighted by molar-refractivity contribution is -0.126. The second-order valence-electron chi connectivity index (χ2n) is 4.31. The first-order valence-corrected chi connectivity index (χ1v) is 5.88. The molecule has 5 heteroatoms. The number of hydrogen-bond acceptors (Lipinski definition) is 3. The smallest absolute Gasteiger partial charge is 0.233 e. The van der Waals surface area contributed by atoms with E-state index in [-0.39, 0.29) is 18.2 Å². The van der Waals surface area contributed by atoms with Crippen LogP contribution in [-0.2, 0) is 9.59 Å². The van der Waals surface area contributed by atoms with Gasteiger partial charge in [-0.2, -0.15) is 5.26 Å². The number of nitriles is 1. The summed E-state index contributed by atoms with van der Waals surface area (Å²) in [5.74, 6) is -1.30. The molecular weight excluding hydrogens is 242 g/mol. The van der Waals surface area contributed by atoms with Crippen molar-refractivity contribution < 1.29 is 9.59 Å². The predicted octanol–water partition coefficient (Wildman–Crippen LogP) is 1.56. The van der Waals surface area contributed by atoms with Gasteiger partial charge in [0.1, 0.15) is 0 Å². The fraction of sp³-hybridized carbons (Fsp3) is 0.214. The van der Waals surface area contributed by atoms with Gasteiger partial charge in [-0.3, -0.25) is 9.59 Å². The molecule has 0 aliphatic carbocycles. The van der Waals surface area contributed by atoms with E-state index in [2.05, 4.69) is 10.6 Å². The lowest BCUT2D eigenvalue weighted by atomic mass is 9.90. The molecule has 19 heavy (non-hydrogen) atoms. The lowest BCUT2D eigenvalue weighted by Gasteiger charge is -2.22. The number of carbonyl (C=O) groups is 2. The van der Waals surface area contributed by atoms with Crippen molar-refractivity contribution in [2.45, 2.75) is 13.3 Å². The summed E-state index contributed by atoms with van der Waals surface area (Å²) in [6, 6.07) is 10.9. The van der Waals surface area contributed by atoms with Gasteiger partial charge in [-0.05, 0) is 19.1 Å². The van der Waals surface area contributed by atoms with Crippen molar-refractivity contribution in [3.05, 3.63) is 41.6 Å². The van der Waals surface area contributed by atoms with Crippen LogP contribution in [0.1, 0.15) is 13.3 Å². The summed E-state index contributed by atoms with van der Waals surface area (Å²) in [5.41, 5.74) is 1.41. The van der Waals surface area contributed by atoms with E-state index in [1.165, 1.54) is 0 Å². The molecule has 0 saturated heterocycles. The molecule has 0 fully saturated rings. The molecule has 0 aromatic heterocycles. The molecule has 1 aromatic rings. The van der Waals surface area contributed by atoms with Gasteiger partial charge in [0.2, 0.25) is 11.8 Å². The Morgan fingerprint density at radius 3 is 2.74 bits per heavy atom. The molecule has 2 amide bonds. The molecule has 1 unspecified atom stereocenters. The van der Waals surface area contributed by atoms with Crippen LogP contribution in [-0.4, -0.2) is 11.8 Å². The molecule has 0 spiro atoms. The molecular formula is C14H13N3O2. The molecule has 2 rings (SSSR count). The summed E-state index contributed by atoms with van der Waals surface area (Å²) < 4.78 is 0. The maximum absolute atomic E-state index is 12.2. The number of para-hydroxylation sites is 1. The molecule has 0 saturated carbocycles. The molecule has 1 atom stereocenters. The highest BCUT2D eigenvalue weighted by atomic mass is 16.2. The van der Waals surface area contributed by atoms with E-state index in [0.29, 0.717) is 17.0 Å². The van der Waals surface area contributed by atoms with E-state index < -0.39 is 5.92 Å². The van der Waals surface area contributed by atoms with Gasteiger partial charge >= 0.3 is 0 Å². The largest absolute Gasteiger partial charge is 0.329 e. The Morgan fingerprint density at radius 2 is 2.11 bits per heavy atom. The quantitative estimate of drug-likeness (QED) is 0.841. The Hall–Kier alpha value is -2.61. The monoisotopic (exact) mass is 255 g/mol. The Bertz CT molecular complexity index is 584. The number of nitrogens with one attached hydrogen (secondary N) is 2. The zero-order valence-corrected chi connectivity index (χ0v) is 10.4. The van der Waals surface area contributed by atoms with Gasteiger partial charge in [0.05, 0.1) is 17.6 Å². The summed E-state index contributed by atoms with van der Waals surface area (Å²) in [5, 5.41) is 14.4. The van der Waals surface area contributed by atoms with Gasteiger partial charge < -0.3 is 10.6 Å². The van der Waals surface area contributed by atoms with E-state index in [1.54, 1.807) is 31.2 Å². The Kier molecular flexibility index (Phi) is 3.62. The van der Waals surface area contributed by atoms with E-state index in [9.17, 15) is 9.59 Å². The fourth-order valence-corrected chi connectivity index (χ4v) is 2.01. The average molecular weight is 255 g/mol. The van der Waals surface area contributed by atoms with Gasteiger partial charge in [-0.1, -0.05) is 18.2 Å². The molecule has 5 nitrogen and oxygen atoms in total. The van der Waals surface area contributed by atoms with Crippen LogP contribution in [0.2, 0.25) is 0 Å². The second-order valence-corrected chi connectivity index (χ2v) is 4.31. The third-order valence-corrected chi connectivity index (χ3v) is 2.95. The van der Waals surface area contributed by atoms with Crippen molar-refractivity contribution in [1.82, 2.24) is 5.32 Å². The van der Waals surface area contributed by atoms with Gasteiger partial charge in [0.25, 0.3) is 0 Å². The van der Waals surface area contributed by atoms with Crippen LogP contribution >= 0.6 is 0 Å². The van der Waals surface area contributed by atoms with Crippen molar-refractivity contribution in [3.8, 4) is 6.07 Å². The normalized spacial score (nSPS) is 18.5. The number of rotatable bonds is 2. The third-order valence-electron chi connectivity index (χ3n) is 2.95. The van der Waals surface area contributed by atoms with Crippen LogP contribution in [0.4, 0.5) is 5.69 Å². The Labute approximate surface area is 110 Å².